The molecule has 2 heterocycles. The number of allylic oxidation sites excluding steroid dienone is 1. The van der Waals surface area contributed by atoms with Crippen LogP contribution in [0.2, 0.25) is 5.02 Å². The van der Waals surface area contributed by atoms with Gasteiger partial charge in [-0.3, -0.25) is 0 Å². The van der Waals surface area contributed by atoms with Crippen LogP contribution in [0.3, 0.4) is 0 Å². The lowest BCUT2D eigenvalue weighted by atomic mass is 10.1. The molecule has 0 spiro atoms. The maximum absolute atomic E-state index is 9.38. The van der Waals surface area contributed by atoms with Gasteiger partial charge in [0, 0.05) is 30.9 Å². The molecule has 0 fully saturated rings. The third-order valence-corrected chi connectivity index (χ3v) is 4.79. The van der Waals surface area contributed by atoms with E-state index in [4.69, 9.17) is 11.6 Å². The molecule has 0 atom stereocenters. The van der Waals surface area contributed by atoms with Gasteiger partial charge in [-0.15, -0.1) is 22.7 Å². The summed E-state index contributed by atoms with van der Waals surface area (Å²) in [6.45, 7) is 0. The van der Waals surface area contributed by atoms with Gasteiger partial charge in [0.05, 0.1) is 11.6 Å². The molecule has 19 heavy (non-hydrogen) atoms. The van der Waals surface area contributed by atoms with Gasteiger partial charge < -0.3 is 0 Å². The van der Waals surface area contributed by atoms with Crippen molar-refractivity contribution in [1.82, 2.24) is 0 Å². The zero-order valence-corrected chi connectivity index (χ0v) is 12.1. The summed E-state index contributed by atoms with van der Waals surface area (Å²) in [5, 5.41) is 15.1. The Hall–Kier alpha value is -1.60. The van der Waals surface area contributed by atoms with Crippen LogP contribution < -0.4 is 0 Å². The fourth-order valence-corrected chi connectivity index (χ4v) is 3.67. The second kappa shape index (κ2) is 5.18. The summed E-state index contributed by atoms with van der Waals surface area (Å²) in [5.74, 6) is 0. The fourth-order valence-electron chi connectivity index (χ4n) is 1.90. The van der Waals surface area contributed by atoms with Crippen LogP contribution in [0.5, 0.6) is 0 Å². The molecule has 92 valence electrons. The summed E-state index contributed by atoms with van der Waals surface area (Å²) < 4.78 is 1.15. The molecule has 0 amide bonds. The van der Waals surface area contributed by atoms with Crippen LogP contribution in [-0.2, 0) is 0 Å². The molecule has 2 aromatic heterocycles. The Balaban J connectivity index is 2.17. The van der Waals surface area contributed by atoms with E-state index in [1.807, 2.05) is 47.2 Å². The van der Waals surface area contributed by atoms with Gasteiger partial charge >= 0.3 is 0 Å². The highest BCUT2D eigenvalue weighted by atomic mass is 35.5. The van der Waals surface area contributed by atoms with E-state index in [9.17, 15) is 5.26 Å². The topological polar surface area (TPSA) is 23.8 Å². The van der Waals surface area contributed by atoms with Gasteiger partial charge in [-0.2, -0.15) is 5.26 Å². The van der Waals surface area contributed by atoms with Crippen LogP contribution in [0.25, 0.3) is 21.7 Å². The Kier molecular flexibility index (Phi) is 3.39. The maximum Gasteiger partial charge on any atom is 0.0999 e. The molecule has 0 bridgehead atoms. The zero-order chi connectivity index (χ0) is 13.2. The first-order valence-corrected chi connectivity index (χ1v) is 7.74. The second-order valence-electron chi connectivity index (χ2n) is 3.98. The maximum atomic E-state index is 9.38. The van der Waals surface area contributed by atoms with Crippen molar-refractivity contribution in [3.63, 3.8) is 0 Å². The van der Waals surface area contributed by atoms with Crippen molar-refractivity contribution in [3.8, 4) is 6.07 Å². The minimum absolute atomic E-state index is 0.677. The number of hydrogen-bond donors (Lipinski definition) is 0. The van der Waals surface area contributed by atoms with E-state index >= 15 is 0 Å². The normalized spacial score (nSPS) is 11.7. The first kappa shape index (κ1) is 12.4. The number of rotatable bonds is 2. The summed E-state index contributed by atoms with van der Waals surface area (Å²) in [6.07, 6.45) is 1.92. The van der Waals surface area contributed by atoms with Crippen molar-refractivity contribution >= 4 is 56.0 Å². The SMILES string of the molecule is N#C/C(=C\c1cccs1)c1csc2ccc(Cl)cc12. The number of benzene rings is 1. The van der Waals surface area contributed by atoms with Crippen LogP contribution in [0, 0.1) is 11.3 Å². The van der Waals surface area contributed by atoms with E-state index in [0.717, 1.165) is 20.5 Å². The van der Waals surface area contributed by atoms with Crippen molar-refractivity contribution in [2.24, 2.45) is 0 Å². The lowest BCUT2D eigenvalue weighted by Gasteiger charge is -1.98. The Bertz CT molecular complexity index is 791. The average Bonchev–Trinajstić information content (AvgIpc) is 3.04. The Morgan fingerprint density at radius 2 is 2.16 bits per heavy atom. The number of nitriles is 1. The number of thiophene rings is 2. The van der Waals surface area contributed by atoms with Gasteiger partial charge in [-0.25, -0.2) is 0 Å². The van der Waals surface area contributed by atoms with Gasteiger partial charge in [0.25, 0.3) is 0 Å². The monoisotopic (exact) mass is 301 g/mol. The van der Waals surface area contributed by atoms with Gasteiger partial charge in [0.2, 0.25) is 0 Å². The van der Waals surface area contributed by atoms with Crippen LogP contribution in [0.1, 0.15) is 10.4 Å². The number of fused-ring (bicyclic) bond motifs is 1. The standard InChI is InChI=1S/C15H8ClNS2/c16-11-3-4-15-13(7-11)14(9-19-15)10(8-17)6-12-2-1-5-18-12/h1-7,9H/b10-6+. The van der Waals surface area contributed by atoms with E-state index in [-0.39, 0.29) is 0 Å². The molecule has 1 nitrogen and oxygen atoms in total. The minimum Gasteiger partial charge on any atom is -0.192 e. The van der Waals surface area contributed by atoms with Crippen LogP contribution in [0.15, 0.2) is 41.1 Å². The highest BCUT2D eigenvalue weighted by molar-refractivity contribution is 7.17. The molecule has 0 radical (unpaired) electrons. The van der Waals surface area contributed by atoms with Crippen molar-refractivity contribution in [2.75, 3.05) is 0 Å². The summed E-state index contributed by atoms with van der Waals surface area (Å²) >= 11 is 9.30. The predicted octanol–water partition coefficient (Wildman–Crippen LogP) is 5.68. The number of hydrogen-bond acceptors (Lipinski definition) is 3. The van der Waals surface area contributed by atoms with Crippen LogP contribution in [0.4, 0.5) is 0 Å². The summed E-state index contributed by atoms with van der Waals surface area (Å²) in [6, 6.07) is 12.1. The van der Waals surface area contributed by atoms with E-state index < -0.39 is 0 Å². The molecule has 3 aromatic rings. The first-order valence-electron chi connectivity index (χ1n) is 5.60. The highest BCUT2D eigenvalue weighted by Gasteiger charge is 2.09. The van der Waals surface area contributed by atoms with E-state index in [2.05, 4.69) is 6.07 Å². The molecule has 0 saturated heterocycles. The number of nitrogens with zero attached hydrogens (tertiary/aromatic N) is 1. The van der Waals surface area contributed by atoms with Crippen molar-refractivity contribution < 1.29 is 0 Å². The molecule has 0 aliphatic carbocycles. The van der Waals surface area contributed by atoms with Gasteiger partial charge in [0.1, 0.15) is 0 Å². The van der Waals surface area contributed by atoms with E-state index in [1.54, 1.807) is 22.7 Å². The van der Waals surface area contributed by atoms with Crippen LogP contribution in [-0.4, -0.2) is 0 Å². The van der Waals surface area contributed by atoms with Gasteiger partial charge in [-0.1, -0.05) is 17.7 Å². The second-order valence-corrected chi connectivity index (χ2v) is 6.30. The molecule has 4 heteroatoms. The minimum atomic E-state index is 0.677. The van der Waals surface area contributed by atoms with Crippen molar-refractivity contribution in [2.45, 2.75) is 0 Å². The highest BCUT2D eigenvalue weighted by Crippen LogP contribution is 2.33. The third kappa shape index (κ3) is 2.43. The van der Waals surface area contributed by atoms with Crippen molar-refractivity contribution in [3.05, 3.63) is 56.6 Å². The summed E-state index contributed by atoms with van der Waals surface area (Å²) in [5.41, 5.74) is 1.63. The molecule has 3 rings (SSSR count). The summed E-state index contributed by atoms with van der Waals surface area (Å²) in [7, 11) is 0. The van der Waals surface area contributed by atoms with Crippen molar-refractivity contribution in [1.29, 1.82) is 5.26 Å². The third-order valence-electron chi connectivity index (χ3n) is 2.78. The van der Waals surface area contributed by atoms with E-state index in [0.29, 0.717) is 10.6 Å². The molecule has 1 aromatic carbocycles. The molecular formula is C15H8ClNS2. The Labute approximate surface area is 124 Å². The van der Waals surface area contributed by atoms with Crippen LogP contribution >= 0.6 is 34.3 Å². The number of halogens is 1. The van der Waals surface area contributed by atoms with E-state index in [1.165, 1.54) is 0 Å². The molecule has 0 aliphatic heterocycles. The quantitative estimate of drug-likeness (QED) is 0.559. The Morgan fingerprint density at radius 3 is 2.89 bits per heavy atom. The van der Waals surface area contributed by atoms with Gasteiger partial charge in [0.15, 0.2) is 0 Å². The first-order chi connectivity index (χ1) is 9.28. The fraction of sp³-hybridized carbons (Fsp3) is 0. The lowest BCUT2D eigenvalue weighted by Crippen LogP contribution is -1.78. The Morgan fingerprint density at radius 1 is 1.26 bits per heavy atom. The van der Waals surface area contributed by atoms with Gasteiger partial charge in [-0.05, 0) is 35.7 Å². The molecule has 0 saturated carbocycles. The average molecular weight is 302 g/mol. The predicted molar refractivity (Wildman–Crippen MR) is 84.6 cm³/mol. The lowest BCUT2D eigenvalue weighted by molar-refractivity contribution is 1.54. The molecule has 0 N–H and O–H groups in total. The summed E-state index contributed by atoms with van der Waals surface area (Å²) in [4.78, 5) is 1.08. The largest absolute Gasteiger partial charge is 0.192 e. The zero-order valence-electron chi connectivity index (χ0n) is 9.76. The smallest absolute Gasteiger partial charge is 0.0999 e. The molecule has 0 unspecified atom stereocenters. The molecule has 0 aliphatic rings. The molecular weight excluding hydrogens is 294 g/mol.